The second-order valence-electron chi connectivity index (χ2n) is 5.47. The normalized spacial score (nSPS) is 15.6. The van der Waals surface area contributed by atoms with Gasteiger partial charge in [-0.15, -0.1) is 11.3 Å². The van der Waals surface area contributed by atoms with Gasteiger partial charge < -0.3 is 0 Å². The summed E-state index contributed by atoms with van der Waals surface area (Å²) in [7, 11) is 0. The van der Waals surface area contributed by atoms with Crippen molar-refractivity contribution in [2.24, 2.45) is 5.84 Å². The Balaban J connectivity index is 1.82. The van der Waals surface area contributed by atoms with Gasteiger partial charge in [-0.05, 0) is 50.8 Å². The zero-order valence-electron chi connectivity index (χ0n) is 12.1. The molecule has 1 atom stereocenters. The summed E-state index contributed by atoms with van der Waals surface area (Å²) in [4.78, 5) is 2.92. The standard InChI is InChI=1S/C15H22N4S/c1-3-19-12(7-10(2)18-19)9-13(17-16)15-8-11-5-4-6-14(11)20-15/h7-8,13,17H,3-6,9,16H2,1-2H3. The first kappa shape index (κ1) is 13.8. The molecule has 0 radical (unpaired) electrons. The van der Waals surface area contributed by atoms with Crippen LogP contribution in [0.4, 0.5) is 0 Å². The number of nitrogens with two attached hydrogens (primary N) is 1. The number of nitrogens with one attached hydrogen (secondary N) is 1. The van der Waals surface area contributed by atoms with Gasteiger partial charge in [0.1, 0.15) is 0 Å². The van der Waals surface area contributed by atoms with Crippen LogP contribution >= 0.6 is 11.3 Å². The van der Waals surface area contributed by atoms with Gasteiger partial charge in [0.25, 0.3) is 0 Å². The summed E-state index contributed by atoms with van der Waals surface area (Å²) >= 11 is 1.92. The SMILES string of the molecule is CCn1nc(C)cc1CC(NN)c1cc2c(s1)CCC2. The third-order valence-corrected chi connectivity index (χ3v) is 5.36. The highest BCUT2D eigenvalue weighted by Crippen LogP contribution is 2.34. The monoisotopic (exact) mass is 290 g/mol. The summed E-state index contributed by atoms with van der Waals surface area (Å²) in [5.74, 6) is 5.80. The molecule has 3 N–H and O–H groups in total. The summed E-state index contributed by atoms with van der Waals surface area (Å²) in [5.41, 5.74) is 6.84. The molecule has 20 heavy (non-hydrogen) atoms. The third-order valence-electron chi connectivity index (χ3n) is 4.01. The molecule has 1 aliphatic rings. The molecule has 3 rings (SSSR count). The number of fused-ring (bicyclic) bond motifs is 1. The first-order valence-corrected chi connectivity index (χ1v) is 8.13. The van der Waals surface area contributed by atoms with Gasteiger partial charge in [0, 0.05) is 28.4 Å². The maximum atomic E-state index is 5.80. The van der Waals surface area contributed by atoms with Crippen molar-refractivity contribution in [3.63, 3.8) is 0 Å². The van der Waals surface area contributed by atoms with Crippen molar-refractivity contribution in [1.82, 2.24) is 15.2 Å². The van der Waals surface area contributed by atoms with Gasteiger partial charge in [0.05, 0.1) is 11.7 Å². The lowest BCUT2D eigenvalue weighted by atomic mass is 10.1. The Kier molecular flexibility index (Phi) is 3.92. The van der Waals surface area contributed by atoms with Crippen LogP contribution < -0.4 is 11.3 Å². The van der Waals surface area contributed by atoms with Gasteiger partial charge in [-0.1, -0.05) is 0 Å². The topological polar surface area (TPSA) is 55.9 Å². The minimum absolute atomic E-state index is 0.187. The molecule has 0 amide bonds. The van der Waals surface area contributed by atoms with Crippen LogP contribution in [0.5, 0.6) is 0 Å². The van der Waals surface area contributed by atoms with E-state index in [0.717, 1.165) is 18.7 Å². The van der Waals surface area contributed by atoms with Gasteiger partial charge in [-0.3, -0.25) is 16.0 Å². The Morgan fingerprint density at radius 3 is 3.00 bits per heavy atom. The Labute approximate surface area is 124 Å². The van der Waals surface area contributed by atoms with Crippen molar-refractivity contribution in [3.05, 3.63) is 38.8 Å². The number of aryl methyl sites for hydroxylation is 4. The van der Waals surface area contributed by atoms with Crippen LogP contribution in [0.1, 0.15) is 46.1 Å². The van der Waals surface area contributed by atoms with Gasteiger partial charge in [-0.25, -0.2) is 0 Å². The van der Waals surface area contributed by atoms with Crippen LogP contribution in [0.2, 0.25) is 0 Å². The van der Waals surface area contributed by atoms with Crippen molar-refractivity contribution in [2.75, 3.05) is 0 Å². The molecule has 2 aromatic rings. The Bertz CT molecular complexity index is 578. The Hall–Kier alpha value is -1.17. The van der Waals surface area contributed by atoms with E-state index >= 15 is 0 Å². The van der Waals surface area contributed by atoms with Crippen LogP contribution in [-0.4, -0.2) is 9.78 Å². The first-order chi connectivity index (χ1) is 9.71. The lowest BCUT2D eigenvalue weighted by Crippen LogP contribution is -2.29. The molecule has 5 heteroatoms. The molecule has 0 bridgehead atoms. The molecule has 1 unspecified atom stereocenters. The summed E-state index contributed by atoms with van der Waals surface area (Å²) in [6, 6.07) is 4.69. The zero-order chi connectivity index (χ0) is 14.1. The van der Waals surface area contributed by atoms with E-state index in [9.17, 15) is 0 Å². The molecule has 108 valence electrons. The average Bonchev–Trinajstić information content (AvgIpc) is 3.09. The molecule has 2 aromatic heterocycles. The number of aromatic nitrogens is 2. The lowest BCUT2D eigenvalue weighted by Gasteiger charge is -2.15. The molecule has 0 aliphatic heterocycles. The maximum absolute atomic E-state index is 5.80. The summed E-state index contributed by atoms with van der Waals surface area (Å²) in [6.07, 6.45) is 4.67. The zero-order valence-corrected chi connectivity index (χ0v) is 13.0. The highest BCUT2D eigenvalue weighted by molar-refractivity contribution is 7.12. The average molecular weight is 290 g/mol. The van der Waals surface area contributed by atoms with Crippen molar-refractivity contribution < 1.29 is 0 Å². The second-order valence-corrected chi connectivity index (χ2v) is 6.64. The number of nitrogens with zero attached hydrogens (tertiary/aromatic N) is 2. The Morgan fingerprint density at radius 2 is 2.30 bits per heavy atom. The van der Waals surface area contributed by atoms with E-state index in [-0.39, 0.29) is 6.04 Å². The van der Waals surface area contributed by atoms with E-state index in [1.54, 1.807) is 4.88 Å². The number of hydrazine groups is 1. The van der Waals surface area contributed by atoms with Crippen LogP contribution in [0.15, 0.2) is 12.1 Å². The van der Waals surface area contributed by atoms with E-state index in [1.165, 1.54) is 35.4 Å². The number of thiophene rings is 1. The van der Waals surface area contributed by atoms with E-state index in [4.69, 9.17) is 5.84 Å². The van der Waals surface area contributed by atoms with Crippen molar-refractivity contribution in [1.29, 1.82) is 0 Å². The highest BCUT2D eigenvalue weighted by Gasteiger charge is 2.21. The quantitative estimate of drug-likeness (QED) is 0.657. The number of rotatable bonds is 5. The van der Waals surface area contributed by atoms with E-state index < -0.39 is 0 Å². The highest BCUT2D eigenvalue weighted by atomic mass is 32.1. The molecule has 2 heterocycles. The molecule has 0 saturated carbocycles. The summed E-state index contributed by atoms with van der Waals surface area (Å²) < 4.78 is 2.07. The van der Waals surface area contributed by atoms with E-state index in [1.807, 2.05) is 18.3 Å². The largest absolute Gasteiger partial charge is 0.271 e. The van der Waals surface area contributed by atoms with Gasteiger partial charge in [0.15, 0.2) is 0 Å². The fourth-order valence-electron chi connectivity index (χ4n) is 3.01. The van der Waals surface area contributed by atoms with Gasteiger partial charge >= 0.3 is 0 Å². The number of hydrogen-bond donors (Lipinski definition) is 2. The lowest BCUT2D eigenvalue weighted by molar-refractivity contribution is 0.523. The summed E-state index contributed by atoms with van der Waals surface area (Å²) in [6.45, 7) is 5.07. The van der Waals surface area contributed by atoms with Crippen molar-refractivity contribution in [3.8, 4) is 0 Å². The summed E-state index contributed by atoms with van der Waals surface area (Å²) in [5, 5.41) is 4.51. The van der Waals surface area contributed by atoms with Crippen molar-refractivity contribution in [2.45, 2.75) is 52.1 Å². The second kappa shape index (κ2) is 5.68. The third kappa shape index (κ3) is 2.53. The van der Waals surface area contributed by atoms with Crippen molar-refractivity contribution >= 4 is 11.3 Å². The van der Waals surface area contributed by atoms with Crippen LogP contribution in [0.25, 0.3) is 0 Å². The smallest absolute Gasteiger partial charge is 0.0608 e. The molecular weight excluding hydrogens is 268 g/mol. The molecule has 4 nitrogen and oxygen atoms in total. The number of hydrogen-bond acceptors (Lipinski definition) is 4. The van der Waals surface area contributed by atoms with Gasteiger partial charge in [0.2, 0.25) is 0 Å². The van der Waals surface area contributed by atoms with Crippen LogP contribution in [-0.2, 0) is 25.8 Å². The first-order valence-electron chi connectivity index (χ1n) is 7.32. The van der Waals surface area contributed by atoms with Crippen LogP contribution in [0, 0.1) is 6.92 Å². The minimum Gasteiger partial charge on any atom is -0.271 e. The molecule has 1 aliphatic carbocycles. The molecule has 0 aromatic carbocycles. The molecule has 0 spiro atoms. The predicted molar refractivity (Wildman–Crippen MR) is 82.8 cm³/mol. The van der Waals surface area contributed by atoms with E-state index in [0.29, 0.717) is 0 Å². The molecular formula is C15H22N4S. The van der Waals surface area contributed by atoms with E-state index in [2.05, 4.69) is 34.3 Å². The predicted octanol–water partition coefficient (Wildman–Crippen LogP) is 2.51. The fourth-order valence-corrected chi connectivity index (χ4v) is 4.33. The van der Waals surface area contributed by atoms with Crippen LogP contribution in [0.3, 0.4) is 0 Å². The molecule has 0 saturated heterocycles. The fraction of sp³-hybridized carbons (Fsp3) is 0.533. The maximum Gasteiger partial charge on any atom is 0.0608 e. The minimum atomic E-state index is 0.187. The van der Waals surface area contributed by atoms with Gasteiger partial charge in [-0.2, -0.15) is 5.10 Å². The Morgan fingerprint density at radius 1 is 1.45 bits per heavy atom. The molecule has 0 fully saturated rings.